The summed E-state index contributed by atoms with van der Waals surface area (Å²) < 4.78 is 29.9. The fourth-order valence-electron chi connectivity index (χ4n) is 6.46. The summed E-state index contributed by atoms with van der Waals surface area (Å²) >= 11 is 0. The number of benzene rings is 1. The second kappa shape index (κ2) is 11.5. The van der Waals surface area contributed by atoms with Crippen LogP contribution in [-0.2, 0) is 22.4 Å². The number of aliphatic hydroxyl groups excluding tert-OH is 1. The first-order valence-corrected chi connectivity index (χ1v) is 15.0. The summed E-state index contributed by atoms with van der Waals surface area (Å²) in [5, 5.41) is 18.3. The van der Waals surface area contributed by atoms with Crippen molar-refractivity contribution in [3.05, 3.63) is 53.5 Å². The highest BCUT2D eigenvalue weighted by Gasteiger charge is 2.59. The maximum absolute atomic E-state index is 10.2. The standard InChI is InChI=1S/C33H41N5O6/c1-8-22-11-20-12-25(42-26(20)16-34-22)27-18(2)36-31(35-15-19-9-23(40-6)13-24(10-19)41-7)37-30(27)38-33(5)14-21(17-39)28-29(33)44-32(3,4)43-28/h9-13,16,21,28-29,39H,8,14-15,17H2,1-7H3,(H2,35,36,37,38). The van der Waals surface area contributed by atoms with Gasteiger partial charge in [0, 0.05) is 36.2 Å². The van der Waals surface area contributed by atoms with Crippen molar-refractivity contribution in [1.29, 1.82) is 0 Å². The van der Waals surface area contributed by atoms with E-state index < -0.39 is 11.3 Å². The molecule has 234 valence electrons. The molecule has 3 N–H and O–H groups in total. The zero-order chi connectivity index (χ0) is 31.2. The van der Waals surface area contributed by atoms with Gasteiger partial charge >= 0.3 is 0 Å². The molecule has 1 saturated heterocycles. The topological polar surface area (TPSA) is 133 Å². The number of methoxy groups -OCH3 is 2. The van der Waals surface area contributed by atoms with Gasteiger partial charge in [0.15, 0.2) is 11.4 Å². The molecule has 11 nitrogen and oxygen atoms in total. The Morgan fingerprint density at radius 3 is 2.45 bits per heavy atom. The third-order valence-electron chi connectivity index (χ3n) is 8.57. The molecule has 2 aliphatic rings. The van der Waals surface area contributed by atoms with Crippen LogP contribution in [0, 0.1) is 12.8 Å². The van der Waals surface area contributed by atoms with Crippen LogP contribution in [-0.4, -0.2) is 64.4 Å². The van der Waals surface area contributed by atoms with Crippen molar-refractivity contribution >= 4 is 22.7 Å². The van der Waals surface area contributed by atoms with Crippen molar-refractivity contribution < 1.29 is 28.5 Å². The van der Waals surface area contributed by atoms with Crippen LogP contribution < -0.4 is 20.1 Å². The summed E-state index contributed by atoms with van der Waals surface area (Å²) in [4.78, 5) is 14.3. The number of nitrogens with zero attached hydrogens (tertiary/aromatic N) is 3. The number of aryl methyl sites for hydroxylation is 2. The van der Waals surface area contributed by atoms with Crippen molar-refractivity contribution in [1.82, 2.24) is 15.0 Å². The molecular weight excluding hydrogens is 562 g/mol. The van der Waals surface area contributed by atoms with Crippen molar-refractivity contribution in [2.75, 3.05) is 31.5 Å². The van der Waals surface area contributed by atoms with E-state index in [1.54, 1.807) is 20.4 Å². The molecule has 4 aromatic rings. The van der Waals surface area contributed by atoms with Crippen molar-refractivity contribution in [3.63, 3.8) is 0 Å². The minimum atomic E-state index is -0.760. The average Bonchev–Trinajstić information content (AvgIpc) is 3.64. The third-order valence-corrected chi connectivity index (χ3v) is 8.57. The molecule has 6 rings (SSSR count). The van der Waals surface area contributed by atoms with Crippen molar-refractivity contribution in [3.8, 4) is 22.8 Å². The number of fused-ring (bicyclic) bond motifs is 2. The Kier molecular flexibility index (Phi) is 7.89. The van der Waals surface area contributed by atoms with E-state index in [1.807, 2.05) is 51.1 Å². The lowest BCUT2D eigenvalue weighted by Gasteiger charge is -2.34. The molecule has 44 heavy (non-hydrogen) atoms. The number of aliphatic hydroxyl groups is 1. The summed E-state index contributed by atoms with van der Waals surface area (Å²) in [5.41, 5.74) is 3.52. The van der Waals surface area contributed by atoms with Crippen LogP contribution in [0.2, 0.25) is 0 Å². The first-order chi connectivity index (χ1) is 21.0. The van der Waals surface area contributed by atoms with Crippen LogP contribution in [0.1, 0.15) is 51.1 Å². The van der Waals surface area contributed by atoms with E-state index in [0.29, 0.717) is 47.6 Å². The average molecular weight is 604 g/mol. The first kappa shape index (κ1) is 30.1. The molecule has 1 saturated carbocycles. The van der Waals surface area contributed by atoms with E-state index in [2.05, 4.69) is 29.5 Å². The van der Waals surface area contributed by atoms with Crippen molar-refractivity contribution in [2.45, 2.75) is 77.5 Å². The summed E-state index contributed by atoms with van der Waals surface area (Å²) in [6.45, 7) is 10.4. The fourth-order valence-corrected chi connectivity index (χ4v) is 6.46. The lowest BCUT2D eigenvalue weighted by molar-refractivity contribution is -0.162. The molecule has 0 amide bonds. The maximum atomic E-state index is 10.2. The van der Waals surface area contributed by atoms with Gasteiger partial charge in [-0.2, -0.15) is 4.98 Å². The van der Waals surface area contributed by atoms with Crippen LogP contribution >= 0.6 is 0 Å². The second-order valence-electron chi connectivity index (χ2n) is 12.3. The molecule has 1 aromatic carbocycles. The van der Waals surface area contributed by atoms with Gasteiger partial charge in [0.25, 0.3) is 0 Å². The maximum Gasteiger partial charge on any atom is 0.225 e. The Bertz CT molecular complexity index is 1650. The predicted octanol–water partition coefficient (Wildman–Crippen LogP) is 5.49. The van der Waals surface area contributed by atoms with E-state index in [4.69, 9.17) is 33.3 Å². The quantitative estimate of drug-likeness (QED) is 0.213. The summed E-state index contributed by atoms with van der Waals surface area (Å²) in [6.07, 6.45) is 2.68. The minimum Gasteiger partial charge on any atom is -0.497 e. The Morgan fingerprint density at radius 1 is 1.02 bits per heavy atom. The summed E-state index contributed by atoms with van der Waals surface area (Å²) in [5.74, 6) is 2.23. The van der Waals surface area contributed by atoms with Crippen LogP contribution in [0.15, 0.2) is 40.9 Å². The van der Waals surface area contributed by atoms with Gasteiger partial charge in [-0.25, -0.2) is 4.98 Å². The molecule has 2 fully saturated rings. The van der Waals surface area contributed by atoms with E-state index in [-0.39, 0.29) is 24.7 Å². The number of furan rings is 1. The van der Waals surface area contributed by atoms with E-state index in [0.717, 1.165) is 34.3 Å². The van der Waals surface area contributed by atoms with Crippen molar-refractivity contribution in [2.24, 2.45) is 5.92 Å². The number of nitrogens with one attached hydrogen (secondary N) is 2. The van der Waals surface area contributed by atoms with Gasteiger partial charge in [-0.05, 0) is 70.4 Å². The number of rotatable bonds is 10. The van der Waals surface area contributed by atoms with Gasteiger partial charge in [-0.15, -0.1) is 0 Å². The van der Waals surface area contributed by atoms with Gasteiger partial charge in [0.05, 0.1) is 43.3 Å². The normalized spacial score (nSPS) is 24.0. The Morgan fingerprint density at radius 2 is 1.77 bits per heavy atom. The fraction of sp³-hybridized carbons (Fsp3) is 0.485. The number of anilines is 2. The van der Waals surface area contributed by atoms with Gasteiger partial charge in [0.1, 0.15) is 29.2 Å². The molecule has 4 atom stereocenters. The molecule has 1 aliphatic heterocycles. The molecule has 1 aliphatic carbocycles. The number of aromatic nitrogens is 3. The summed E-state index contributed by atoms with van der Waals surface area (Å²) in [7, 11) is 3.25. The SMILES string of the molecule is CCc1cc2cc(-c3c(C)nc(NCc4cc(OC)cc(OC)c4)nc3NC3(C)CC(CO)C4OC(C)(C)OC43)oc2cn1. The molecular formula is C33H41N5O6. The molecule has 11 heteroatoms. The monoisotopic (exact) mass is 603 g/mol. The van der Waals surface area contributed by atoms with Crippen LogP contribution in [0.4, 0.5) is 11.8 Å². The Balaban J connectivity index is 1.40. The van der Waals surface area contributed by atoms with E-state index >= 15 is 0 Å². The van der Waals surface area contributed by atoms with Gasteiger partial charge in [0.2, 0.25) is 5.95 Å². The molecule has 3 aromatic heterocycles. The van der Waals surface area contributed by atoms with Crippen LogP contribution in [0.5, 0.6) is 11.5 Å². The molecule has 4 unspecified atom stereocenters. The largest absolute Gasteiger partial charge is 0.497 e. The molecule has 0 bridgehead atoms. The highest BCUT2D eigenvalue weighted by atomic mass is 16.8. The van der Waals surface area contributed by atoms with Crippen LogP contribution in [0.25, 0.3) is 22.3 Å². The van der Waals surface area contributed by atoms with Gasteiger partial charge in [-0.3, -0.25) is 4.98 Å². The number of ether oxygens (including phenoxy) is 4. The third kappa shape index (κ3) is 5.67. The smallest absolute Gasteiger partial charge is 0.225 e. The highest BCUT2D eigenvalue weighted by Crippen LogP contribution is 2.49. The zero-order valence-corrected chi connectivity index (χ0v) is 26.4. The second-order valence-corrected chi connectivity index (χ2v) is 12.3. The highest BCUT2D eigenvalue weighted by molar-refractivity contribution is 5.86. The number of hydrogen-bond acceptors (Lipinski definition) is 11. The lowest BCUT2D eigenvalue weighted by atomic mass is 9.95. The molecule has 4 heterocycles. The number of pyridine rings is 1. The van der Waals surface area contributed by atoms with Crippen LogP contribution in [0.3, 0.4) is 0 Å². The Labute approximate surface area is 257 Å². The van der Waals surface area contributed by atoms with E-state index in [1.165, 1.54) is 0 Å². The minimum absolute atomic E-state index is 0.000671. The summed E-state index contributed by atoms with van der Waals surface area (Å²) in [6, 6.07) is 9.77. The van der Waals surface area contributed by atoms with Gasteiger partial charge in [-0.1, -0.05) is 6.92 Å². The molecule has 0 spiro atoms. The lowest BCUT2D eigenvalue weighted by Crippen LogP contribution is -2.46. The number of hydrogen-bond donors (Lipinski definition) is 3. The Hall–Kier alpha value is -3.93. The predicted molar refractivity (Wildman–Crippen MR) is 167 cm³/mol. The van der Waals surface area contributed by atoms with Gasteiger partial charge < -0.3 is 39.1 Å². The molecule has 0 radical (unpaired) electrons. The first-order valence-electron chi connectivity index (χ1n) is 15.0. The van der Waals surface area contributed by atoms with E-state index in [9.17, 15) is 5.11 Å². The zero-order valence-electron chi connectivity index (χ0n) is 26.4.